The Morgan fingerprint density at radius 1 is 1.22 bits per heavy atom. The lowest BCUT2D eigenvalue weighted by atomic mass is 10.0. The van der Waals surface area contributed by atoms with E-state index in [0.717, 1.165) is 15.7 Å². The number of esters is 1. The summed E-state index contributed by atoms with van der Waals surface area (Å²) in [6.07, 6.45) is 0.541. The quantitative estimate of drug-likeness (QED) is 0.750. The highest BCUT2D eigenvalue weighted by Gasteiger charge is 2.32. The van der Waals surface area contributed by atoms with Crippen molar-refractivity contribution >= 4 is 33.3 Å². The molecule has 0 spiro atoms. The van der Waals surface area contributed by atoms with Crippen LogP contribution in [0.3, 0.4) is 0 Å². The molecule has 0 saturated carbocycles. The van der Waals surface area contributed by atoms with E-state index in [1.807, 2.05) is 47.5 Å². The van der Waals surface area contributed by atoms with Gasteiger partial charge in [0.1, 0.15) is 5.71 Å². The number of rotatable bonds is 4. The normalized spacial score (nSPS) is 17.0. The Bertz CT molecular complexity index is 714. The van der Waals surface area contributed by atoms with Gasteiger partial charge in [0.05, 0.1) is 18.3 Å². The fourth-order valence-corrected chi connectivity index (χ4v) is 2.88. The zero-order chi connectivity index (χ0) is 16.2. The van der Waals surface area contributed by atoms with Gasteiger partial charge in [-0.25, -0.2) is 4.79 Å². The number of hydrazone groups is 1. The van der Waals surface area contributed by atoms with Crippen molar-refractivity contribution in [3.05, 3.63) is 64.6 Å². The van der Waals surface area contributed by atoms with Gasteiger partial charge in [-0.2, -0.15) is 5.10 Å². The van der Waals surface area contributed by atoms with Crippen molar-refractivity contribution in [2.45, 2.75) is 19.4 Å². The van der Waals surface area contributed by atoms with Crippen molar-refractivity contribution in [3.8, 4) is 0 Å². The van der Waals surface area contributed by atoms with E-state index in [1.165, 1.54) is 0 Å². The monoisotopic (exact) mass is 372 g/mol. The molecule has 2 aromatic rings. The highest BCUT2D eigenvalue weighted by Crippen LogP contribution is 2.35. The maximum Gasteiger partial charge on any atom is 0.354 e. The highest BCUT2D eigenvalue weighted by atomic mass is 79.9. The van der Waals surface area contributed by atoms with Crippen LogP contribution in [-0.2, 0) is 9.53 Å². The molecule has 1 aliphatic heterocycles. The van der Waals surface area contributed by atoms with Crippen LogP contribution in [0.25, 0.3) is 0 Å². The first kappa shape index (κ1) is 15.7. The Morgan fingerprint density at radius 3 is 2.57 bits per heavy atom. The van der Waals surface area contributed by atoms with E-state index in [9.17, 15) is 4.79 Å². The van der Waals surface area contributed by atoms with Crippen LogP contribution in [0.5, 0.6) is 0 Å². The Kier molecular flexibility index (Phi) is 4.76. The predicted molar refractivity (Wildman–Crippen MR) is 94.5 cm³/mol. The van der Waals surface area contributed by atoms with Gasteiger partial charge >= 0.3 is 5.97 Å². The molecule has 0 saturated heterocycles. The van der Waals surface area contributed by atoms with E-state index in [2.05, 4.69) is 33.2 Å². The zero-order valence-electron chi connectivity index (χ0n) is 12.8. The van der Waals surface area contributed by atoms with Crippen LogP contribution in [0.4, 0.5) is 5.69 Å². The lowest BCUT2D eigenvalue weighted by Gasteiger charge is -2.24. The van der Waals surface area contributed by atoms with Crippen LogP contribution in [0, 0.1) is 0 Å². The molecule has 0 amide bonds. The van der Waals surface area contributed by atoms with Crippen LogP contribution in [0.15, 0.2) is 64.2 Å². The lowest BCUT2D eigenvalue weighted by molar-refractivity contribution is -0.135. The van der Waals surface area contributed by atoms with Gasteiger partial charge in [0.25, 0.3) is 0 Å². The van der Waals surface area contributed by atoms with Crippen molar-refractivity contribution in [2.24, 2.45) is 5.10 Å². The molecule has 118 valence electrons. The van der Waals surface area contributed by atoms with Crippen LogP contribution in [0.2, 0.25) is 0 Å². The molecular weight excluding hydrogens is 356 g/mol. The topological polar surface area (TPSA) is 41.9 Å². The first-order valence-electron chi connectivity index (χ1n) is 7.53. The van der Waals surface area contributed by atoms with Crippen molar-refractivity contribution in [2.75, 3.05) is 11.6 Å². The zero-order valence-corrected chi connectivity index (χ0v) is 14.4. The standard InChI is InChI=1S/C18H17BrN2O2/c1-2-23-18(22)16-12-17(13-6-4-3-5-7-13)21(20-16)15-10-8-14(19)9-11-15/h3-11,17H,2,12H2,1H3. The van der Waals surface area contributed by atoms with Crippen molar-refractivity contribution in [1.82, 2.24) is 0 Å². The molecule has 5 heteroatoms. The third-order valence-corrected chi connectivity index (χ3v) is 4.23. The second kappa shape index (κ2) is 6.96. The molecule has 0 aromatic heterocycles. The van der Waals surface area contributed by atoms with Gasteiger partial charge in [0.2, 0.25) is 0 Å². The van der Waals surface area contributed by atoms with E-state index in [4.69, 9.17) is 4.74 Å². The van der Waals surface area contributed by atoms with E-state index < -0.39 is 0 Å². The molecule has 1 heterocycles. The Morgan fingerprint density at radius 2 is 1.91 bits per heavy atom. The van der Waals surface area contributed by atoms with E-state index in [0.29, 0.717) is 18.7 Å². The van der Waals surface area contributed by atoms with Crippen molar-refractivity contribution in [1.29, 1.82) is 0 Å². The molecule has 2 aromatic carbocycles. The first-order chi connectivity index (χ1) is 11.2. The van der Waals surface area contributed by atoms with Gasteiger partial charge in [-0.05, 0) is 36.8 Å². The van der Waals surface area contributed by atoms with Crippen molar-refractivity contribution in [3.63, 3.8) is 0 Å². The molecule has 1 aliphatic rings. The molecule has 1 unspecified atom stereocenters. The molecular formula is C18H17BrN2O2. The number of ether oxygens (including phenoxy) is 1. The summed E-state index contributed by atoms with van der Waals surface area (Å²) in [5.41, 5.74) is 2.53. The van der Waals surface area contributed by atoms with Gasteiger partial charge < -0.3 is 4.74 Å². The third-order valence-electron chi connectivity index (χ3n) is 3.70. The molecule has 0 fully saturated rings. The highest BCUT2D eigenvalue weighted by molar-refractivity contribution is 9.10. The second-order valence-corrected chi connectivity index (χ2v) is 6.13. The van der Waals surface area contributed by atoms with Crippen molar-refractivity contribution < 1.29 is 9.53 Å². The summed E-state index contributed by atoms with van der Waals surface area (Å²) in [6, 6.07) is 18.0. The summed E-state index contributed by atoms with van der Waals surface area (Å²) in [7, 11) is 0. The summed E-state index contributed by atoms with van der Waals surface area (Å²) >= 11 is 3.44. The summed E-state index contributed by atoms with van der Waals surface area (Å²) in [5, 5.41) is 6.42. The SMILES string of the molecule is CCOC(=O)C1=NN(c2ccc(Br)cc2)C(c2ccccc2)C1. The van der Waals surface area contributed by atoms with Crippen LogP contribution in [0.1, 0.15) is 24.9 Å². The third kappa shape index (κ3) is 3.45. The molecule has 1 atom stereocenters. The van der Waals surface area contributed by atoms with Gasteiger partial charge in [-0.1, -0.05) is 46.3 Å². The number of anilines is 1. The van der Waals surface area contributed by atoms with E-state index >= 15 is 0 Å². The number of halogens is 1. The Labute approximate surface area is 143 Å². The number of nitrogens with zero attached hydrogens (tertiary/aromatic N) is 2. The molecule has 0 N–H and O–H groups in total. The number of hydrogen-bond acceptors (Lipinski definition) is 4. The molecule has 0 bridgehead atoms. The minimum absolute atomic E-state index is 0.00298. The molecule has 4 nitrogen and oxygen atoms in total. The number of carbonyl (C=O) groups is 1. The number of carbonyl (C=O) groups excluding carboxylic acids is 1. The van der Waals surface area contributed by atoms with E-state index in [1.54, 1.807) is 6.92 Å². The smallest absolute Gasteiger partial charge is 0.354 e. The Balaban J connectivity index is 1.95. The predicted octanol–water partition coefficient (Wildman–Crippen LogP) is 4.32. The minimum atomic E-state index is -0.340. The average Bonchev–Trinajstić information content (AvgIpc) is 3.02. The summed E-state index contributed by atoms with van der Waals surface area (Å²) in [4.78, 5) is 12.1. The maximum atomic E-state index is 12.1. The number of benzene rings is 2. The second-order valence-electron chi connectivity index (χ2n) is 5.22. The molecule has 0 aliphatic carbocycles. The number of hydrogen-bond donors (Lipinski definition) is 0. The fraction of sp³-hybridized carbons (Fsp3) is 0.222. The molecule has 3 rings (SSSR count). The Hall–Kier alpha value is -2.14. The summed E-state index contributed by atoms with van der Waals surface area (Å²) < 4.78 is 6.12. The summed E-state index contributed by atoms with van der Waals surface area (Å²) in [5.74, 6) is -0.340. The largest absolute Gasteiger partial charge is 0.461 e. The first-order valence-corrected chi connectivity index (χ1v) is 8.32. The minimum Gasteiger partial charge on any atom is -0.461 e. The maximum absolute atomic E-state index is 12.1. The van der Waals surface area contributed by atoms with Gasteiger partial charge in [-0.15, -0.1) is 0 Å². The van der Waals surface area contributed by atoms with Crippen LogP contribution in [-0.4, -0.2) is 18.3 Å². The molecule has 23 heavy (non-hydrogen) atoms. The van der Waals surface area contributed by atoms with Crippen LogP contribution < -0.4 is 5.01 Å². The lowest BCUT2D eigenvalue weighted by Crippen LogP contribution is -2.18. The molecule has 0 radical (unpaired) electrons. The van der Waals surface area contributed by atoms with Crippen LogP contribution >= 0.6 is 15.9 Å². The van der Waals surface area contributed by atoms with Gasteiger partial charge in [0, 0.05) is 10.9 Å². The average molecular weight is 373 g/mol. The van der Waals surface area contributed by atoms with E-state index in [-0.39, 0.29) is 12.0 Å². The van der Waals surface area contributed by atoms with Gasteiger partial charge in [0.15, 0.2) is 0 Å². The van der Waals surface area contributed by atoms with Gasteiger partial charge in [-0.3, -0.25) is 5.01 Å². The summed E-state index contributed by atoms with van der Waals surface area (Å²) in [6.45, 7) is 2.15. The fourth-order valence-electron chi connectivity index (χ4n) is 2.61.